The van der Waals surface area contributed by atoms with Crippen LogP contribution in [0.4, 0.5) is 13.2 Å². The second-order valence-electron chi connectivity index (χ2n) is 5.79. The van der Waals surface area contributed by atoms with Crippen LogP contribution < -0.4 is 15.4 Å². The maximum Gasteiger partial charge on any atom is 0.416 e. The first kappa shape index (κ1) is 20.3. The van der Waals surface area contributed by atoms with Crippen LogP contribution in [0.2, 0.25) is 0 Å². The lowest BCUT2D eigenvalue weighted by Crippen LogP contribution is -2.38. The molecule has 27 heavy (non-hydrogen) atoms. The predicted octanol–water partition coefficient (Wildman–Crippen LogP) is 3.32. The summed E-state index contributed by atoms with van der Waals surface area (Å²) in [6.45, 7) is 1.47. The molecule has 0 aromatic heterocycles. The Morgan fingerprint density at radius 3 is 2.30 bits per heavy atom. The molecule has 0 radical (unpaired) electrons. The average Bonchev–Trinajstić information content (AvgIpc) is 2.65. The normalized spacial score (nSPS) is 12.2. The summed E-state index contributed by atoms with van der Waals surface area (Å²) in [5.74, 6) is -0.448. The lowest BCUT2D eigenvalue weighted by molar-refractivity contribution is -0.137. The van der Waals surface area contributed by atoms with Crippen LogP contribution in [0.3, 0.4) is 0 Å². The molecule has 0 spiro atoms. The van der Waals surface area contributed by atoms with Crippen LogP contribution in [0.25, 0.3) is 0 Å². The van der Waals surface area contributed by atoms with E-state index < -0.39 is 23.6 Å². The Hall–Kier alpha value is -3.03. The van der Waals surface area contributed by atoms with Gasteiger partial charge < -0.3 is 15.4 Å². The van der Waals surface area contributed by atoms with Gasteiger partial charge in [0.05, 0.1) is 25.3 Å². The number of methoxy groups -OCH3 is 1. The van der Waals surface area contributed by atoms with Gasteiger partial charge in [-0.1, -0.05) is 18.2 Å². The van der Waals surface area contributed by atoms with E-state index >= 15 is 0 Å². The van der Waals surface area contributed by atoms with E-state index in [1.807, 2.05) is 12.1 Å². The highest BCUT2D eigenvalue weighted by Crippen LogP contribution is 2.29. The van der Waals surface area contributed by atoms with Crippen LogP contribution in [0, 0.1) is 0 Å². The fraction of sp³-hybridized carbons (Fsp3) is 0.263. The molecule has 1 unspecified atom stereocenters. The molecule has 2 aromatic rings. The summed E-state index contributed by atoms with van der Waals surface area (Å²) in [4.78, 5) is 24.0. The molecule has 144 valence electrons. The lowest BCUT2D eigenvalue weighted by Gasteiger charge is -2.17. The van der Waals surface area contributed by atoms with Crippen molar-refractivity contribution >= 4 is 11.8 Å². The molecule has 0 saturated carbocycles. The van der Waals surface area contributed by atoms with Crippen molar-refractivity contribution in [3.05, 3.63) is 65.2 Å². The molecule has 2 N–H and O–H groups in total. The molecule has 8 heteroatoms. The van der Waals surface area contributed by atoms with Crippen molar-refractivity contribution in [3.8, 4) is 5.75 Å². The molecule has 0 bridgehead atoms. The summed E-state index contributed by atoms with van der Waals surface area (Å²) in [5.41, 5.74) is -0.0292. The number of nitrogens with one attached hydrogen (secondary N) is 2. The van der Waals surface area contributed by atoms with Crippen molar-refractivity contribution in [1.29, 1.82) is 0 Å². The van der Waals surface area contributed by atoms with E-state index in [1.54, 1.807) is 19.1 Å². The highest BCUT2D eigenvalue weighted by Gasteiger charge is 2.30. The van der Waals surface area contributed by atoms with Crippen LogP contribution in [0.1, 0.15) is 34.5 Å². The standard InChI is InChI=1S/C19H19F3N2O3/c1-12(15-5-3-4-6-16(15)27-2)24-17(25)11-23-18(26)13-7-9-14(10-8-13)19(20,21)22/h3-10,12H,11H2,1-2H3,(H,23,26)(H,24,25). The van der Waals surface area contributed by atoms with E-state index in [9.17, 15) is 22.8 Å². The van der Waals surface area contributed by atoms with Gasteiger partial charge in [0.25, 0.3) is 5.91 Å². The first-order valence-corrected chi connectivity index (χ1v) is 8.10. The van der Waals surface area contributed by atoms with Gasteiger partial charge in [0, 0.05) is 11.1 Å². The number of alkyl halides is 3. The Morgan fingerprint density at radius 1 is 1.07 bits per heavy atom. The van der Waals surface area contributed by atoms with Gasteiger partial charge in [0.1, 0.15) is 5.75 Å². The van der Waals surface area contributed by atoms with Crippen molar-refractivity contribution < 1.29 is 27.5 Å². The molecule has 0 aliphatic carbocycles. The SMILES string of the molecule is COc1ccccc1C(C)NC(=O)CNC(=O)c1ccc(C(F)(F)F)cc1. The van der Waals surface area contributed by atoms with E-state index in [4.69, 9.17) is 4.74 Å². The highest BCUT2D eigenvalue weighted by atomic mass is 19.4. The average molecular weight is 380 g/mol. The summed E-state index contributed by atoms with van der Waals surface area (Å²) in [5, 5.41) is 5.10. The van der Waals surface area contributed by atoms with E-state index in [0.717, 1.165) is 29.8 Å². The van der Waals surface area contributed by atoms with Crippen molar-refractivity contribution in [3.63, 3.8) is 0 Å². The number of carbonyl (C=O) groups excluding carboxylic acids is 2. The number of para-hydroxylation sites is 1. The van der Waals surface area contributed by atoms with Crippen molar-refractivity contribution in [1.82, 2.24) is 10.6 Å². The highest BCUT2D eigenvalue weighted by molar-refractivity contribution is 5.96. The molecule has 0 aliphatic heterocycles. The Labute approximate surface area is 154 Å². The van der Waals surface area contributed by atoms with Crippen LogP contribution in [-0.2, 0) is 11.0 Å². The van der Waals surface area contributed by atoms with Gasteiger partial charge >= 0.3 is 6.18 Å². The van der Waals surface area contributed by atoms with E-state index in [1.165, 1.54) is 7.11 Å². The fourth-order valence-electron chi connectivity index (χ4n) is 2.47. The van der Waals surface area contributed by atoms with Gasteiger partial charge in [-0.25, -0.2) is 0 Å². The number of amides is 2. The molecule has 0 saturated heterocycles. The molecular weight excluding hydrogens is 361 g/mol. The number of carbonyl (C=O) groups is 2. The molecule has 2 amide bonds. The quantitative estimate of drug-likeness (QED) is 0.808. The molecular formula is C19H19F3N2O3. The first-order chi connectivity index (χ1) is 12.7. The number of hydrogen-bond donors (Lipinski definition) is 2. The number of halogens is 3. The smallest absolute Gasteiger partial charge is 0.416 e. The number of rotatable bonds is 6. The molecule has 0 aliphatic rings. The third kappa shape index (κ3) is 5.47. The molecule has 0 heterocycles. The second-order valence-corrected chi connectivity index (χ2v) is 5.79. The minimum atomic E-state index is -4.47. The molecule has 1 atom stereocenters. The van der Waals surface area contributed by atoms with Gasteiger partial charge in [-0.2, -0.15) is 13.2 Å². The first-order valence-electron chi connectivity index (χ1n) is 8.10. The van der Waals surface area contributed by atoms with E-state index in [-0.39, 0.29) is 18.2 Å². The Kier molecular flexibility index (Phi) is 6.44. The third-order valence-corrected chi connectivity index (χ3v) is 3.87. The largest absolute Gasteiger partial charge is 0.496 e. The van der Waals surface area contributed by atoms with Crippen LogP contribution in [-0.4, -0.2) is 25.5 Å². The van der Waals surface area contributed by atoms with Crippen molar-refractivity contribution in [2.75, 3.05) is 13.7 Å². The van der Waals surface area contributed by atoms with Crippen LogP contribution in [0.15, 0.2) is 48.5 Å². The van der Waals surface area contributed by atoms with Gasteiger partial charge in [-0.15, -0.1) is 0 Å². The van der Waals surface area contributed by atoms with Crippen LogP contribution in [0.5, 0.6) is 5.75 Å². The molecule has 2 aromatic carbocycles. The summed E-state index contributed by atoms with van der Waals surface area (Å²) in [7, 11) is 1.53. The van der Waals surface area contributed by atoms with Crippen LogP contribution >= 0.6 is 0 Å². The zero-order valence-corrected chi connectivity index (χ0v) is 14.8. The molecule has 5 nitrogen and oxygen atoms in total. The number of ether oxygens (including phenoxy) is 1. The zero-order chi connectivity index (χ0) is 20.0. The topological polar surface area (TPSA) is 67.4 Å². The van der Waals surface area contributed by atoms with Crippen molar-refractivity contribution in [2.24, 2.45) is 0 Å². The fourth-order valence-corrected chi connectivity index (χ4v) is 2.47. The summed E-state index contributed by atoms with van der Waals surface area (Å²) in [6.07, 6.45) is -4.47. The Morgan fingerprint density at radius 2 is 1.70 bits per heavy atom. The zero-order valence-electron chi connectivity index (χ0n) is 14.8. The maximum absolute atomic E-state index is 12.5. The van der Waals surface area contributed by atoms with E-state index in [2.05, 4.69) is 10.6 Å². The second kappa shape index (κ2) is 8.57. The van der Waals surface area contributed by atoms with Gasteiger partial charge in [-0.3, -0.25) is 9.59 Å². The summed E-state index contributed by atoms with van der Waals surface area (Å²) >= 11 is 0. The van der Waals surface area contributed by atoms with Gasteiger partial charge in [-0.05, 0) is 37.3 Å². The lowest BCUT2D eigenvalue weighted by atomic mass is 10.1. The van der Waals surface area contributed by atoms with Gasteiger partial charge in [0.15, 0.2) is 0 Å². The summed E-state index contributed by atoms with van der Waals surface area (Å²) in [6, 6.07) is 10.6. The monoisotopic (exact) mass is 380 g/mol. The minimum Gasteiger partial charge on any atom is -0.496 e. The summed E-state index contributed by atoms with van der Waals surface area (Å²) < 4.78 is 42.8. The Balaban J connectivity index is 1.90. The minimum absolute atomic E-state index is 0.0357. The van der Waals surface area contributed by atoms with E-state index in [0.29, 0.717) is 5.75 Å². The van der Waals surface area contributed by atoms with Crippen molar-refractivity contribution in [2.45, 2.75) is 19.1 Å². The molecule has 2 rings (SSSR count). The predicted molar refractivity (Wildman–Crippen MR) is 93.3 cm³/mol. The molecule has 0 fully saturated rings. The Bertz CT molecular complexity index is 805. The third-order valence-electron chi connectivity index (χ3n) is 3.87. The van der Waals surface area contributed by atoms with Gasteiger partial charge in [0.2, 0.25) is 5.91 Å². The maximum atomic E-state index is 12.5. The number of hydrogen-bond acceptors (Lipinski definition) is 3. The number of benzene rings is 2.